The van der Waals surface area contributed by atoms with Gasteiger partial charge in [-0.15, -0.1) is 0 Å². The number of aryl methyl sites for hydroxylation is 1. The first-order valence-electron chi connectivity index (χ1n) is 6.54. The molecule has 100 valence electrons. The van der Waals surface area contributed by atoms with Crippen molar-refractivity contribution < 1.29 is 4.74 Å². The van der Waals surface area contributed by atoms with Gasteiger partial charge in [-0.05, 0) is 26.8 Å². The molecule has 0 aliphatic carbocycles. The molecule has 1 N–H and O–H groups in total. The fourth-order valence-corrected chi connectivity index (χ4v) is 2.29. The average Bonchev–Trinajstić information content (AvgIpc) is 2.37. The van der Waals surface area contributed by atoms with Gasteiger partial charge in [-0.1, -0.05) is 0 Å². The summed E-state index contributed by atoms with van der Waals surface area (Å²) in [6.45, 7) is 9.91. The van der Waals surface area contributed by atoms with E-state index in [0.29, 0.717) is 18.0 Å². The van der Waals surface area contributed by atoms with Crippen LogP contribution in [0.2, 0.25) is 0 Å². The molecular weight excluding hydrogens is 228 g/mol. The van der Waals surface area contributed by atoms with Crippen LogP contribution in [0, 0.1) is 6.92 Å². The molecule has 0 aromatic carbocycles. The lowest BCUT2D eigenvalue weighted by atomic mass is 10.2. The van der Waals surface area contributed by atoms with Crippen LogP contribution in [0.25, 0.3) is 0 Å². The molecule has 1 aliphatic rings. The minimum Gasteiger partial charge on any atom is -0.379 e. The van der Waals surface area contributed by atoms with E-state index in [4.69, 9.17) is 4.74 Å². The fraction of sp³-hybridized carbons (Fsp3) is 0.692. The highest BCUT2D eigenvalue weighted by Gasteiger charge is 2.23. The second-order valence-corrected chi connectivity index (χ2v) is 4.91. The van der Waals surface area contributed by atoms with Crippen molar-refractivity contribution in [3.8, 4) is 0 Å². The lowest BCUT2D eigenvalue weighted by Gasteiger charge is -2.37. The van der Waals surface area contributed by atoms with Crippen LogP contribution in [-0.4, -0.2) is 53.3 Å². The number of hydrogen-bond acceptors (Lipinski definition) is 5. The first-order valence-corrected chi connectivity index (χ1v) is 6.54. The zero-order valence-electron chi connectivity index (χ0n) is 11.4. The molecule has 0 radical (unpaired) electrons. The molecule has 0 saturated carbocycles. The Morgan fingerprint density at radius 2 is 2.44 bits per heavy atom. The van der Waals surface area contributed by atoms with Gasteiger partial charge in [0.1, 0.15) is 0 Å². The predicted molar refractivity (Wildman–Crippen MR) is 71.7 cm³/mol. The van der Waals surface area contributed by atoms with Gasteiger partial charge in [0.25, 0.3) is 0 Å². The Labute approximate surface area is 109 Å². The maximum absolute atomic E-state index is 5.45. The van der Waals surface area contributed by atoms with Gasteiger partial charge in [0.05, 0.1) is 13.2 Å². The lowest BCUT2D eigenvalue weighted by molar-refractivity contribution is -0.0159. The van der Waals surface area contributed by atoms with E-state index in [9.17, 15) is 0 Å². The van der Waals surface area contributed by atoms with Gasteiger partial charge >= 0.3 is 0 Å². The zero-order valence-corrected chi connectivity index (χ0v) is 11.4. The molecule has 18 heavy (non-hydrogen) atoms. The number of nitrogens with one attached hydrogen (secondary N) is 1. The maximum Gasteiger partial charge on any atom is 0.222 e. The third-order valence-corrected chi connectivity index (χ3v) is 3.34. The molecule has 0 amide bonds. The molecule has 0 bridgehead atoms. The van der Waals surface area contributed by atoms with Gasteiger partial charge in [-0.2, -0.15) is 0 Å². The van der Waals surface area contributed by atoms with Gasteiger partial charge in [0.2, 0.25) is 5.95 Å². The quantitative estimate of drug-likeness (QED) is 0.873. The standard InChI is InChI=1S/C13H22N4O/c1-10-4-5-14-13(16-10)15-8-11(2)17-6-7-18-9-12(17)3/h4-5,11-12H,6-9H2,1-3H3,(H,14,15,16). The number of rotatable bonds is 4. The summed E-state index contributed by atoms with van der Waals surface area (Å²) in [6, 6.07) is 2.83. The Kier molecular flexibility index (Phi) is 4.49. The molecule has 5 nitrogen and oxygen atoms in total. The van der Waals surface area contributed by atoms with Gasteiger partial charge in [0.15, 0.2) is 0 Å². The summed E-state index contributed by atoms with van der Waals surface area (Å²) in [5.74, 6) is 0.711. The van der Waals surface area contributed by atoms with E-state index >= 15 is 0 Å². The topological polar surface area (TPSA) is 50.3 Å². The van der Waals surface area contributed by atoms with Crippen LogP contribution in [0.4, 0.5) is 5.95 Å². The first-order chi connectivity index (χ1) is 8.66. The number of morpholine rings is 1. The Balaban J connectivity index is 1.85. The van der Waals surface area contributed by atoms with Crippen molar-refractivity contribution in [2.45, 2.75) is 32.9 Å². The molecule has 1 aromatic heterocycles. The molecule has 1 saturated heterocycles. The molecule has 0 spiro atoms. The Morgan fingerprint density at radius 1 is 1.61 bits per heavy atom. The predicted octanol–water partition coefficient (Wildman–Crippen LogP) is 1.31. The van der Waals surface area contributed by atoms with E-state index in [1.807, 2.05) is 13.0 Å². The minimum absolute atomic E-state index is 0.452. The lowest BCUT2D eigenvalue weighted by Crippen LogP contribution is -2.50. The highest BCUT2D eigenvalue weighted by Crippen LogP contribution is 2.11. The molecule has 2 rings (SSSR count). The minimum atomic E-state index is 0.452. The third-order valence-electron chi connectivity index (χ3n) is 3.34. The second-order valence-electron chi connectivity index (χ2n) is 4.91. The van der Waals surface area contributed by atoms with Crippen LogP contribution in [0.15, 0.2) is 12.3 Å². The molecule has 2 atom stereocenters. The number of hydrogen-bond donors (Lipinski definition) is 1. The number of anilines is 1. The van der Waals surface area contributed by atoms with Crippen molar-refractivity contribution in [2.24, 2.45) is 0 Å². The van der Waals surface area contributed by atoms with Crippen LogP contribution < -0.4 is 5.32 Å². The summed E-state index contributed by atoms with van der Waals surface area (Å²) >= 11 is 0. The normalized spacial score (nSPS) is 22.7. The van der Waals surface area contributed by atoms with E-state index in [1.54, 1.807) is 6.20 Å². The van der Waals surface area contributed by atoms with Gasteiger partial charge in [0, 0.05) is 37.1 Å². The Hall–Kier alpha value is -1.20. The van der Waals surface area contributed by atoms with E-state index in [0.717, 1.165) is 32.0 Å². The Morgan fingerprint density at radius 3 is 3.17 bits per heavy atom. The van der Waals surface area contributed by atoms with E-state index in [1.165, 1.54) is 0 Å². The van der Waals surface area contributed by atoms with Crippen molar-refractivity contribution in [1.29, 1.82) is 0 Å². The summed E-state index contributed by atoms with van der Waals surface area (Å²) in [7, 11) is 0. The average molecular weight is 250 g/mol. The number of nitrogens with zero attached hydrogens (tertiary/aromatic N) is 3. The smallest absolute Gasteiger partial charge is 0.222 e. The molecular formula is C13H22N4O. The highest BCUT2D eigenvalue weighted by atomic mass is 16.5. The van der Waals surface area contributed by atoms with Crippen LogP contribution in [0.3, 0.4) is 0 Å². The monoisotopic (exact) mass is 250 g/mol. The fourth-order valence-electron chi connectivity index (χ4n) is 2.29. The molecule has 2 heterocycles. The van der Waals surface area contributed by atoms with Crippen molar-refractivity contribution in [3.05, 3.63) is 18.0 Å². The van der Waals surface area contributed by atoms with Crippen molar-refractivity contribution >= 4 is 5.95 Å². The SMILES string of the molecule is Cc1ccnc(NCC(C)N2CCOCC2C)n1. The van der Waals surface area contributed by atoms with E-state index in [2.05, 4.69) is 34.0 Å². The van der Waals surface area contributed by atoms with Crippen molar-refractivity contribution in [2.75, 3.05) is 31.6 Å². The number of aromatic nitrogens is 2. The van der Waals surface area contributed by atoms with Gasteiger partial charge < -0.3 is 10.1 Å². The Bertz CT molecular complexity index is 385. The summed E-state index contributed by atoms with van der Waals surface area (Å²) in [5.41, 5.74) is 0.986. The van der Waals surface area contributed by atoms with Gasteiger partial charge in [-0.3, -0.25) is 4.90 Å². The number of ether oxygens (including phenoxy) is 1. The molecule has 1 fully saturated rings. The highest BCUT2D eigenvalue weighted by molar-refractivity contribution is 5.24. The summed E-state index contributed by atoms with van der Waals surface area (Å²) in [4.78, 5) is 11.0. The summed E-state index contributed by atoms with van der Waals surface area (Å²) in [5, 5.41) is 3.30. The second kappa shape index (κ2) is 6.11. The third kappa shape index (κ3) is 3.40. The van der Waals surface area contributed by atoms with E-state index < -0.39 is 0 Å². The molecule has 5 heteroatoms. The summed E-state index contributed by atoms with van der Waals surface area (Å²) < 4.78 is 5.45. The summed E-state index contributed by atoms with van der Waals surface area (Å²) in [6.07, 6.45) is 1.78. The van der Waals surface area contributed by atoms with Crippen molar-refractivity contribution in [3.63, 3.8) is 0 Å². The van der Waals surface area contributed by atoms with Gasteiger partial charge in [-0.25, -0.2) is 9.97 Å². The molecule has 1 aliphatic heterocycles. The zero-order chi connectivity index (χ0) is 13.0. The van der Waals surface area contributed by atoms with Crippen LogP contribution in [-0.2, 0) is 4.74 Å². The maximum atomic E-state index is 5.45. The molecule has 1 aromatic rings. The van der Waals surface area contributed by atoms with Crippen LogP contribution >= 0.6 is 0 Å². The molecule has 2 unspecified atom stereocenters. The van der Waals surface area contributed by atoms with Crippen LogP contribution in [0.1, 0.15) is 19.5 Å². The van der Waals surface area contributed by atoms with Crippen molar-refractivity contribution in [1.82, 2.24) is 14.9 Å². The first kappa shape index (κ1) is 13.2. The largest absolute Gasteiger partial charge is 0.379 e. The van der Waals surface area contributed by atoms with Crippen LogP contribution in [0.5, 0.6) is 0 Å². The van der Waals surface area contributed by atoms with E-state index in [-0.39, 0.29) is 0 Å².